The van der Waals surface area contributed by atoms with E-state index in [0.29, 0.717) is 0 Å². The lowest BCUT2D eigenvalue weighted by atomic mass is 9.79. The summed E-state index contributed by atoms with van der Waals surface area (Å²) < 4.78 is 4.53. The Labute approximate surface area is 97.7 Å². The summed E-state index contributed by atoms with van der Waals surface area (Å²) in [6.45, 7) is 9.56. The molecule has 4 nitrogen and oxygen atoms in total. The topological polar surface area (TPSA) is 55.4 Å². The van der Waals surface area contributed by atoms with Gasteiger partial charge in [0.2, 0.25) is 0 Å². The Hall–Kier alpha value is -1.06. The summed E-state index contributed by atoms with van der Waals surface area (Å²) in [5, 5.41) is 2.60. The fourth-order valence-corrected chi connectivity index (χ4v) is 1.32. The van der Waals surface area contributed by atoms with Crippen molar-refractivity contribution in [1.29, 1.82) is 0 Å². The molecule has 1 N–H and O–H groups in total. The minimum atomic E-state index is -0.557. The maximum absolute atomic E-state index is 12.2. The SMILES string of the molecule is CCC(C)(C)C(=O)[C@@H](NC(=O)OC)C(C)C. The number of nitrogens with one attached hydrogen (secondary N) is 1. The Morgan fingerprint density at radius 1 is 1.31 bits per heavy atom. The smallest absolute Gasteiger partial charge is 0.407 e. The van der Waals surface area contributed by atoms with Crippen LogP contribution < -0.4 is 5.32 Å². The van der Waals surface area contributed by atoms with Gasteiger partial charge in [0.1, 0.15) is 0 Å². The Morgan fingerprint density at radius 2 is 1.81 bits per heavy atom. The number of Topliss-reactive ketones (excluding diaryl/α,β-unsaturated/α-hetero) is 1. The molecule has 0 rings (SSSR count). The van der Waals surface area contributed by atoms with Crippen LogP contribution >= 0.6 is 0 Å². The molecule has 0 saturated heterocycles. The van der Waals surface area contributed by atoms with Crippen LogP contribution in [-0.4, -0.2) is 25.0 Å². The van der Waals surface area contributed by atoms with E-state index in [-0.39, 0.29) is 11.7 Å². The molecule has 0 heterocycles. The third kappa shape index (κ3) is 3.83. The molecule has 0 fully saturated rings. The molecule has 0 radical (unpaired) electrons. The second-order valence-electron chi connectivity index (χ2n) is 4.96. The van der Waals surface area contributed by atoms with E-state index in [1.165, 1.54) is 7.11 Å². The van der Waals surface area contributed by atoms with Crippen molar-refractivity contribution in [3.63, 3.8) is 0 Å². The molecule has 0 unspecified atom stereocenters. The third-order valence-corrected chi connectivity index (χ3v) is 2.96. The number of hydrogen-bond acceptors (Lipinski definition) is 3. The standard InChI is InChI=1S/C12H23NO3/c1-7-12(4,5)10(14)9(8(2)3)13-11(15)16-6/h8-9H,7H2,1-6H3,(H,13,15)/t9-/m0/s1. The van der Waals surface area contributed by atoms with Crippen LogP contribution in [0.5, 0.6) is 0 Å². The number of ether oxygens (including phenoxy) is 1. The van der Waals surface area contributed by atoms with Gasteiger partial charge in [0.05, 0.1) is 13.2 Å². The Balaban J connectivity index is 4.80. The van der Waals surface area contributed by atoms with Crippen LogP contribution in [0.2, 0.25) is 0 Å². The fraction of sp³-hybridized carbons (Fsp3) is 0.833. The van der Waals surface area contributed by atoms with E-state index in [2.05, 4.69) is 10.1 Å². The number of hydrogen-bond donors (Lipinski definition) is 1. The molecule has 1 atom stereocenters. The Bertz CT molecular complexity index is 259. The number of alkyl carbamates (subject to hydrolysis) is 1. The highest BCUT2D eigenvalue weighted by Crippen LogP contribution is 2.25. The van der Waals surface area contributed by atoms with Crippen molar-refractivity contribution >= 4 is 11.9 Å². The molecular weight excluding hydrogens is 206 g/mol. The summed E-state index contributed by atoms with van der Waals surface area (Å²) in [5.41, 5.74) is -0.421. The molecule has 0 aromatic carbocycles. The Morgan fingerprint density at radius 3 is 2.12 bits per heavy atom. The molecule has 0 aliphatic carbocycles. The van der Waals surface area contributed by atoms with Gasteiger partial charge in [-0.1, -0.05) is 34.6 Å². The van der Waals surface area contributed by atoms with E-state index in [0.717, 1.165) is 6.42 Å². The zero-order chi connectivity index (χ0) is 12.9. The molecular formula is C12H23NO3. The van der Waals surface area contributed by atoms with Crippen molar-refractivity contribution in [3.8, 4) is 0 Å². The van der Waals surface area contributed by atoms with Crippen molar-refractivity contribution in [1.82, 2.24) is 5.32 Å². The monoisotopic (exact) mass is 229 g/mol. The van der Waals surface area contributed by atoms with E-state index >= 15 is 0 Å². The fourth-order valence-electron chi connectivity index (χ4n) is 1.32. The van der Waals surface area contributed by atoms with E-state index in [4.69, 9.17) is 0 Å². The van der Waals surface area contributed by atoms with Crippen LogP contribution in [-0.2, 0) is 9.53 Å². The number of carbonyl (C=O) groups excluding carboxylic acids is 2. The molecule has 0 aromatic heterocycles. The number of methoxy groups -OCH3 is 1. The quantitative estimate of drug-likeness (QED) is 0.787. The van der Waals surface area contributed by atoms with Crippen LogP contribution in [0.3, 0.4) is 0 Å². The van der Waals surface area contributed by atoms with E-state index in [1.807, 2.05) is 34.6 Å². The number of rotatable bonds is 5. The van der Waals surface area contributed by atoms with E-state index < -0.39 is 17.6 Å². The second kappa shape index (κ2) is 5.87. The van der Waals surface area contributed by atoms with Crippen molar-refractivity contribution in [3.05, 3.63) is 0 Å². The van der Waals surface area contributed by atoms with Crippen molar-refractivity contribution in [2.75, 3.05) is 7.11 Å². The average molecular weight is 229 g/mol. The summed E-state index contributed by atoms with van der Waals surface area (Å²) in [6.07, 6.45) is 0.191. The van der Waals surface area contributed by atoms with Crippen molar-refractivity contribution < 1.29 is 14.3 Å². The number of carbonyl (C=O) groups is 2. The van der Waals surface area contributed by atoms with E-state index in [1.54, 1.807) is 0 Å². The molecule has 0 aliphatic rings. The third-order valence-electron chi connectivity index (χ3n) is 2.96. The van der Waals surface area contributed by atoms with Gasteiger partial charge < -0.3 is 10.1 Å². The summed E-state index contributed by atoms with van der Waals surface area (Å²) in [7, 11) is 1.29. The largest absolute Gasteiger partial charge is 0.453 e. The maximum atomic E-state index is 12.2. The highest BCUT2D eigenvalue weighted by molar-refractivity contribution is 5.91. The van der Waals surface area contributed by atoms with Gasteiger partial charge in [0.15, 0.2) is 5.78 Å². The summed E-state index contributed by atoms with van der Waals surface area (Å²) in [4.78, 5) is 23.4. The predicted octanol–water partition coefficient (Wildman–Crippen LogP) is 2.37. The highest BCUT2D eigenvalue weighted by atomic mass is 16.5. The molecule has 0 spiro atoms. The van der Waals surface area contributed by atoms with E-state index in [9.17, 15) is 9.59 Å². The molecule has 0 bridgehead atoms. The highest BCUT2D eigenvalue weighted by Gasteiger charge is 2.34. The van der Waals surface area contributed by atoms with Gasteiger partial charge in [-0.15, -0.1) is 0 Å². The first-order valence-electron chi connectivity index (χ1n) is 5.65. The van der Waals surface area contributed by atoms with Gasteiger partial charge in [-0.05, 0) is 12.3 Å². The molecule has 1 amide bonds. The molecule has 16 heavy (non-hydrogen) atoms. The first kappa shape index (κ1) is 14.9. The lowest BCUT2D eigenvalue weighted by molar-refractivity contribution is -0.130. The van der Waals surface area contributed by atoms with Crippen LogP contribution in [0.25, 0.3) is 0 Å². The summed E-state index contributed by atoms with van der Waals surface area (Å²) in [5.74, 6) is 0.104. The lowest BCUT2D eigenvalue weighted by Gasteiger charge is -2.29. The number of amides is 1. The van der Waals surface area contributed by atoms with Gasteiger partial charge in [-0.2, -0.15) is 0 Å². The second-order valence-corrected chi connectivity index (χ2v) is 4.96. The lowest BCUT2D eigenvalue weighted by Crippen LogP contribution is -2.49. The van der Waals surface area contributed by atoms with Gasteiger partial charge in [-0.25, -0.2) is 4.79 Å². The predicted molar refractivity (Wildman–Crippen MR) is 63.2 cm³/mol. The Kier molecular flexibility index (Phi) is 5.48. The van der Waals surface area contributed by atoms with Gasteiger partial charge in [0.25, 0.3) is 0 Å². The minimum absolute atomic E-state index is 0.0513. The summed E-state index contributed by atoms with van der Waals surface area (Å²) in [6, 6.07) is -0.484. The summed E-state index contributed by atoms with van der Waals surface area (Å²) >= 11 is 0. The zero-order valence-corrected chi connectivity index (χ0v) is 11.1. The normalized spacial score (nSPS) is 13.4. The van der Waals surface area contributed by atoms with Crippen LogP contribution in [0.1, 0.15) is 41.0 Å². The van der Waals surface area contributed by atoms with Crippen LogP contribution in [0, 0.1) is 11.3 Å². The van der Waals surface area contributed by atoms with Crippen LogP contribution in [0.15, 0.2) is 0 Å². The molecule has 0 aliphatic heterocycles. The molecule has 94 valence electrons. The zero-order valence-electron chi connectivity index (χ0n) is 11.1. The van der Waals surface area contributed by atoms with Crippen molar-refractivity contribution in [2.45, 2.75) is 47.1 Å². The van der Waals surface area contributed by atoms with Gasteiger partial charge in [0, 0.05) is 5.41 Å². The molecule has 0 saturated carbocycles. The first-order valence-corrected chi connectivity index (χ1v) is 5.65. The minimum Gasteiger partial charge on any atom is -0.453 e. The van der Waals surface area contributed by atoms with Crippen LogP contribution in [0.4, 0.5) is 4.79 Å². The molecule has 4 heteroatoms. The van der Waals surface area contributed by atoms with Crippen molar-refractivity contribution in [2.24, 2.45) is 11.3 Å². The molecule has 0 aromatic rings. The van der Waals surface area contributed by atoms with Gasteiger partial charge >= 0.3 is 6.09 Å². The number of ketones is 1. The average Bonchev–Trinajstić information content (AvgIpc) is 2.23. The maximum Gasteiger partial charge on any atom is 0.407 e. The first-order chi connectivity index (χ1) is 7.26. The van der Waals surface area contributed by atoms with Gasteiger partial charge in [-0.3, -0.25) is 4.79 Å².